The summed E-state index contributed by atoms with van der Waals surface area (Å²) in [6.07, 6.45) is 0. The first kappa shape index (κ1) is 11.9. The summed E-state index contributed by atoms with van der Waals surface area (Å²) >= 11 is 0. The predicted molar refractivity (Wildman–Crippen MR) is 69.9 cm³/mol. The maximum atomic E-state index is 12.7. The second-order valence-electron chi connectivity index (χ2n) is 3.52. The highest BCUT2D eigenvalue weighted by Crippen LogP contribution is 2.34. The van der Waals surface area contributed by atoms with Crippen molar-refractivity contribution in [3.05, 3.63) is 60.4 Å². The van der Waals surface area contributed by atoms with E-state index < -0.39 is 8.30 Å². The van der Waals surface area contributed by atoms with Crippen LogP contribution in [0.4, 0.5) is 10.1 Å². The van der Waals surface area contributed by atoms with Crippen molar-refractivity contribution in [2.75, 3.05) is 11.8 Å². The third kappa shape index (κ3) is 3.72. The lowest BCUT2D eigenvalue weighted by molar-refractivity contribution is 0.603. The van der Waals surface area contributed by atoms with Gasteiger partial charge in [0.25, 0.3) is 0 Å². The van der Waals surface area contributed by atoms with E-state index in [1.807, 2.05) is 37.0 Å². The molecule has 1 atom stereocenters. The van der Waals surface area contributed by atoms with E-state index in [9.17, 15) is 4.39 Å². The average molecular weight is 249 g/mol. The number of para-hydroxylation sites is 1. The normalized spacial score (nSPS) is 11.9. The van der Waals surface area contributed by atoms with Crippen LogP contribution in [-0.4, -0.2) is 6.66 Å². The lowest BCUT2D eigenvalue weighted by Crippen LogP contribution is -1.96. The lowest BCUT2D eigenvalue weighted by atomic mass is 10.3. The van der Waals surface area contributed by atoms with E-state index in [2.05, 4.69) is 5.09 Å². The van der Waals surface area contributed by atoms with Crippen LogP contribution in [-0.2, 0) is 0 Å². The van der Waals surface area contributed by atoms with Crippen molar-refractivity contribution in [2.24, 2.45) is 0 Å². The molecule has 0 amide bonds. The van der Waals surface area contributed by atoms with Crippen molar-refractivity contribution in [1.29, 1.82) is 0 Å². The van der Waals surface area contributed by atoms with Gasteiger partial charge in [-0.05, 0) is 36.4 Å². The zero-order chi connectivity index (χ0) is 12.1. The van der Waals surface area contributed by atoms with Crippen LogP contribution >= 0.6 is 8.30 Å². The fourth-order valence-corrected chi connectivity index (χ4v) is 2.37. The van der Waals surface area contributed by atoms with Crippen molar-refractivity contribution >= 4 is 14.0 Å². The maximum Gasteiger partial charge on any atom is 0.186 e. The molecule has 17 heavy (non-hydrogen) atoms. The molecule has 0 spiro atoms. The van der Waals surface area contributed by atoms with Gasteiger partial charge in [0.1, 0.15) is 11.6 Å². The van der Waals surface area contributed by atoms with Gasteiger partial charge in [-0.3, -0.25) is 0 Å². The van der Waals surface area contributed by atoms with E-state index >= 15 is 0 Å². The summed E-state index contributed by atoms with van der Waals surface area (Å²) in [4.78, 5) is 0. The number of hydrogen-bond donors (Lipinski definition) is 1. The van der Waals surface area contributed by atoms with Crippen LogP contribution in [0.2, 0.25) is 0 Å². The number of anilines is 1. The molecule has 0 aliphatic carbocycles. The molecule has 1 unspecified atom stereocenters. The first-order valence-electron chi connectivity index (χ1n) is 5.23. The summed E-state index contributed by atoms with van der Waals surface area (Å²) in [6, 6.07) is 15.9. The monoisotopic (exact) mass is 249 g/mol. The summed E-state index contributed by atoms with van der Waals surface area (Å²) in [6.45, 7) is 1.96. The molecular formula is C13H13FNOP. The standard InChI is InChI=1S/C13H13FNOP/c1-17(15-12-5-3-2-4-6-12)16-13-9-7-11(14)8-10-13/h2-10,15H,1H3. The molecule has 0 aliphatic heterocycles. The van der Waals surface area contributed by atoms with Crippen LogP contribution in [0.1, 0.15) is 0 Å². The van der Waals surface area contributed by atoms with Crippen LogP contribution in [0.5, 0.6) is 5.75 Å². The number of halogens is 1. The first-order valence-corrected chi connectivity index (χ1v) is 6.94. The molecular weight excluding hydrogens is 236 g/mol. The van der Waals surface area contributed by atoms with Gasteiger partial charge in [-0.1, -0.05) is 18.2 Å². The van der Waals surface area contributed by atoms with Gasteiger partial charge in [0.05, 0.1) is 0 Å². The molecule has 0 saturated heterocycles. The Labute approximate surface area is 101 Å². The molecule has 2 rings (SSSR count). The van der Waals surface area contributed by atoms with Crippen LogP contribution < -0.4 is 9.61 Å². The average Bonchev–Trinajstić information content (AvgIpc) is 2.33. The van der Waals surface area contributed by atoms with Crippen LogP contribution in [0.25, 0.3) is 0 Å². The van der Waals surface area contributed by atoms with Gasteiger partial charge in [0, 0.05) is 12.4 Å². The summed E-state index contributed by atoms with van der Waals surface area (Å²) in [7, 11) is -0.815. The van der Waals surface area contributed by atoms with E-state index in [-0.39, 0.29) is 5.82 Å². The molecule has 0 aliphatic rings. The quantitative estimate of drug-likeness (QED) is 0.817. The Bertz CT molecular complexity index is 461. The van der Waals surface area contributed by atoms with E-state index in [1.54, 1.807) is 12.1 Å². The van der Waals surface area contributed by atoms with Gasteiger partial charge in [0.15, 0.2) is 8.30 Å². The van der Waals surface area contributed by atoms with Gasteiger partial charge >= 0.3 is 0 Å². The second-order valence-corrected chi connectivity index (χ2v) is 4.92. The summed E-state index contributed by atoms with van der Waals surface area (Å²) in [5, 5.41) is 3.25. The van der Waals surface area contributed by atoms with Gasteiger partial charge in [0.2, 0.25) is 0 Å². The molecule has 0 saturated carbocycles. The Morgan fingerprint density at radius 2 is 1.65 bits per heavy atom. The fourth-order valence-electron chi connectivity index (χ4n) is 1.37. The first-order chi connectivity index (χ1) is 8.24. The Morgan fingerprint density at radius 1 is 1.00 bits per heavy atom. The van der Waals surface area contributed by atoms with Gasteiger partial charge in [-0.2, -0.15) is 0 Å². The smallest absolute Gasteiger partial charge is 0.186 e. The SMILES string of the molecule is CP(Nc1ccccc1)Oc1ccc(F)cc1. The highest BCUT2D eigenvalue weighted by atomic mass is 31.2. The van der Waals surface area contributed by atoms with Crippen LogP contribution in [0.3, 0.4) is 0 Å². The maximum absolute atomic E-state index is 12.7. The van der Waals surface area contributed by atoms with Crippen LogP contribution in [0.15, 0.2) is 54.6 Å². The Morgan fingerprint density at radius 3 is 2.29 bits per heavy atom. The zero-order valence-electron chi connectivity index (χ0n) is 9.43. The van der Waals surface area contributed by atoms with Crippen molar-refractivity contribution < 1.29 is 8.91 Å². The van der Waals surface area contributed by atoms with Gasteiger partial charge in [-0.25, -0.2) is 4.39 Å². The Kier molecular flexibility index (Phi) is 3.94. The summed E-state index contributed by atoms with van der Waals surface area (Å²) in [5.74, 6) is 0.414. The molecule has 0 fully saturated rings. The van der Waals surface area contributed by atoms with Gasteiger partial charge in [-0.15, -0.1) is 0 Å². The predicted octanol–water partition coefficient (Wildman–Crippen LogP) is 4.26. The van der Waals surface area contributed by atoms with Crippen molar-refractivity contribution in [2.45, 2.75) is 0 Å². The third-order valence-electron chi connectivity index (χ3n) is 2.12. The minimum absolute atomic E-state index is 0.256. The second kappa shape index (κ2) is 5.65. The molecule has 0 aromatic heterocycles. The van der Waals surface area contributed by atoms with Crippen molar-refractivity contribution in [3.8, 4) is 5.75 Å². The molecule has 2 nitrogen and oxygen atoms in total. The third-order valence-corrected chi connectivity index (χ3v) is 3.17. The minimum Gasteiger partial charge on any atom is -0.454 e. The molecule has 0 heterocycles. The highest BCUT2D eigenvalue weighted by Gasteiger charge is 2.04. The fraction of sp³-hybridized carbons (Fsp3) is 0.0769. The zero-order valence-corrected chi connectivity index (χ0v) is 10.3. The number of benzene rings is 2. The largest absolute Gasteiger partial charge is 0.454 e. The Balaban J connectivity index is 1.93. The summed E-state index contributed by atoms with van der Waals surface area (Å²) in [5.41, 5.74) is 1.02. The molecule has 2 aromatic rings. The number of hydrogen-bond acceptors (Lipinski definition) is 2. The van der Waals surface area contributed by atoms with Gasteiger partial charge < -0.3 is 9.61 Å². The Hall–Kier alpha value is -1.60. The van der Waals surface area contributed by atoms with Crippen LogP contribution in [0, 0.1) is 5.82 Å². The molecule has 0 radical (unpaired) electrons. The molecule has 88 valence electrons. The van der Waals surface area contributed by atoms with E-state index in [0.29, 0.717) is 5.75 Å². The minimum atomic E-state index is -0.815. The topological polar surface area (TPSA) is 21.3 Å². The summed E-state index contributed by atoms with van der Waals surface area (Å²) < 4.78 is 18.4. The van der Waals surface area contributed by atoms with Crippen molar-refractivity contribution in [1.82, 2.24) is 0 Å². The number of nitrogens with one attached hydrogen (secondary N) is 1. The van der Waals surface area contributed by atoms with Crippen molar-refractivity contribution in [3.63, 3.8) is 0 Å². The number of rotatable bonds is 4. The molecule has 1 N–H and O–H groups in total. The molecule has 0 bridgehead atoms. The molecule has 4 heteroatoms. The van der Waals surface area contributed by atoms with E-state index in [1.165, 1.54) is 12.1 Å². The molecule has 2 aromatic carbocycles. The lowest BCUT2D eigenvalue weighted by Gasteiger charge is -2.15. The highest BCUT2D eigenvalue weighted by molar-refractivity contribution is 7.53. The van der Waals surface area contributed by atoms with E-state index in [4.69, 9.17) is 4.52 Å². The van der Waals surface area contributed by atoms with E-state index in [0.717, 1.165) is 5.69 Å².